The summed E-state index contributed by atoms with van der Waals surface area (Å²) in [7, 11) is 1.62. The first-order valence-corrected chi connectivity index (χ1v) is 7.25. The number of rotatable bonds is 3. The predicted molar refractivity (Wildman–Crippen MR) is 81.9 cm³/mol. The molecule has 1 saturated heterocycles. The molecule has 116 valence electrons. The Morgan fingerprint density at radius 2 is 1.95 bits per heavy atom. The number of carbonyl (C=O) groups excluding carboxylic acids is 1. The molecule has 1 aromatic carbocycles. The molecule has 3 rings (SSSR count). The number of hydrogen-bond donors (Lipinski definition) is 1. The molecule has 2 heterocycles. The monoisotopic (exact) mass is 301 g/mol. The van der Waals surface area contributed by atoms with E-state index in [2.05, 4.69) is 15.3 Å². The molecule has 0 saturated carbocycles. The zero-order valence-electron chi connectivity index (χ0n) is 12.9. The van der Waals surface area contributed by atoms with Crippen LogP contribution < -0.4 is 5.32 Å². The van der Waals surface area contributed by atoms with Gasteiger partial charge in [-0.05, 0) is 32.0 Å². The summed E-state index contributed by atoms with van der Waals surface area (Å²) >= 11 is 0. The maximum atomic E-state index is 12.4. The van der Waals surface area contributed by atoms with Gasteiger partial charge < -0.3 is 14.8 Å². The Labute approximate surface area is 128 Å². The second kappa shape index (κ2) is 5.98. The van der Waals surface area contributed by atoms with Crippen LogP contribution in [0.3, 0.4) is 0 Å². The molecule has 1 amide bonds. The lowest BCUT2D eigenvalue weighted by molar-refractivity contribution is 0.0685. The number of methoxy groups -OCH3 is 1. The van der Waals surface area contributed by atoms with E-state index in [1.165, 1.54) is 0 Å². The van der Waals surface area contributed by atoms with Crippen LogP contribution in [0.5, 0.6) is 0 Å². The second-order valence-corrected chi connectivity index (χ2v) is 5.49. The maximum absolute atomic E-state index is 12.4. The highest BCUT2D eigenvalue weighted by Gasteiger charge is 2.29. The number of nitrogens with one attached hydrogen (secondary N) is 1. The minimum Gasteiger partial charge on any atom is -0.377 e. The first kappa shape index (κ1) is 14.9. The molecular formula is C16H19N3O3. The van der Waals surface area contributed by atoms with Crippen LogP contribution in [-0.4, -0.2) is 48.3 Å². The SMILES string of the molecule is CO[C@H]1COC[C@@H]1NC(=O)c1ccc2nc(C)c(C)nc2c1. The molecule has 0 spiro atoms. The van der Waals surface area contributed by atoms with Crippen LogP contribution in [0.4, 0.5) is 0 Å². The molecule has 1 fully saturated rings. The van der Waals surface area contributed by atoms with E-state index in [0.717, 1.165) is 22.4 Å². The van der Waals surface area contributed by atoms with Crippen LogP contribution in [0, 0.1) is 13.8 Å². The zero-order chi connectivity index (χ0) is 15.7. The summed E-state index contributed by atoms with van der Waals surface area (Å²) in [4.78, 5) is 21.3. The number of aromatic nitrogens is 2. The fraction of sp³-hybridized carbons (Fsp3) is 0.438. The van der Waals surface area contributed by atoms with Gasteiger partial charge in [0, 0.05) is 12.7 Å². The minimum atomic E-state index is -0.153. The van der Waals surface area contributed by atoms with Crippen molar-refractivity contribution in [3.63, 3.8) is 0 Å². The number of carbonyl (C=O) groups is 1. The standard InChI is InChI=1S/C16H19N3O3/c1-9-10(2)18-13-6-11(4-5-12(13)17-9)16(20)19-14-7-22-8-15(14)21-3/h4-6,14-15H,7-8H2,1-3H3,(H,19,20)/t14-,15-/m0/s1. The normalized spacial score (nSPS) is 21.2. The molecule has 1 aliphatic rings. The van der Waals surface area contributed by atoms with E-state index in [4.69, 9.17) is 9.47 Å². The molecule has 1 aliphatic heterocycles. The van der Waals surface area contributed by atoms with Crippen molar-refractivity contribution in [3.05, 3.63) is 35.2 Å². The maximum Gasteiger partial charge on any atom is 0.251 e. The van der Waals surface area contributed by atoms with Crippen molar-refractivity contribution < 1.29 is 14.3 Å². The van der Waals surface area contributed by atoms with E-state index in [9.17, 15) is 4.79 Å². The first-order valence-electron chi connectivity index (χ1n) is 7.25. The van der Waals surface area contributed by atoms with Gasteiger partial charge in [0.1, 0.15) is 6.10 Å². The first-order chi connectivity index (χ1) is 10.6. The summed E-state index contributed by atoms with van der Waals surface area (Å²) in [6.07, 6.45) is -0.103. The van der Waals surface area contributed by atoms with Crippen LogP contribution in [0.15, 0.2) is 18.2 Å². The van der Waals surface area contributed by atoms with E-state index in [1.807, 2.05) is 19.9 Å². The molecule has 22 heavy (non-hydrogen) atoms. The lowest BCUT2D eigenvalue weighted by Crippen LogP contribution is -2.43. The predicted octanol–water partition coefficient (Wildman–Crippen LogP) is 1.39. The van der Waals surface area contributed by atoms with Crippen molar-refractivity contribution in [3.8, 4) is 0 Å². The van der Waals surface area contributed by atoms with Gasteiger partial charge in [-0.2, -0.15) is 0 Å². The largest absolute Gasteiger partial charge is 0.377 e. The number of aryl methyl sites for hydroxylation is 2. The van der Waals surface area contributed by atoms with Gasteiger partial charge in [0.15, 0.2) is 0 Å². The highest BCUT2D eigenvalue weighted by atomic mass is 16.5. The number of hydrogen-bond acceptors (Lipinski definition) is 5. The van der Waals surface area contributed by atoms with Gasteiger partial charge in [-0.1, -0.05) is 0 Å². The molecule has 2 aromatic rings. The van der Waals surface area contributed by atoms with Crippen LogP contribution in [0.25, 0.3) is 11.0 Å². The Balaban J connectivity index is 1.83. The average Bonchev–Trinajstić information content (AvgIpc) is 2.95. The Kier molecular flexibility index (Phi) is 4.04. The van der Waals surface area contributed by atoms with Gasteiger partial charge in [-0.3, -0.25) is 4.79 Å². The Morgan fingerprint density at radius 3 is 2.68 bits per heavy atom. The topological polar surface area (TPSA) is 73.3 Å². The number of benzene rings is 1. The zero-order valence-corrected chi connectivity index (χ0v) is 12.9. The molecule has 6 heteroatoms. The highest BCUT2D eigenvalue weighted by Crippen LogP contribution is 2.15. The van der Waals surface area contributed by atoms with Gasteiger partial charge >= 0.3 is 0 Å². The third-order valence-electron chi connectivity index (χ3n) is 3.99. The van der Waals surface area contributed by atoms with E-state index in [0.29, 0.717) is 18.8 Å². The number of ether oxygens (including phenoxy) is 2. The fourth-order valence-corrected chi connectivity index (χ4v) is 2.53. The molecule has 1 N–H and O–H groups in total. The third kappa shape index (κ3) is 2.80. The van der Waals surface area contributed by atoms with E-state index < -0.39 is 0 Å². The molecule has 6 nitrogen and oxygen atoms in total. The summed E-state index contributed by atoms with van der Waals surface area (Å²) in [6.45, 7) is 4.81. The van der Waals surface area contributed by atoms with Gasteiger partial charge in [0.05, 0.1) is 41.7 Å². The van der Waals surface area contributed by atoms with Gasteiger partial charge in [0.2, 0.25) is 0 Å². The van der Waals surface area contributed by atoms with Crippen molar-refractivity contribution >= 4 is 16.9 Å². The number of amides is 1. The second-order valence-electron chi connectivity index (χ2n) is 5.49. The van der Waals surface area contributed by atoms with Gasteiger partial charge in [0.25, 0.3) is 5.91 Å². The van der Waals surface area contributed by atoms with Gasteiger partial charge in [-0.25, -0.2) is 9.97 Å². The van der Waals surface area contributed by atoms with E-state index in [-0.39, 0.29) is 18.1 Å². The Morgan fingerprint density at radius 1 is 1.23 bits per heavy atom. The lowest BCUT2D eigenvalue weighted by Gasteiger charge is -2.17. The van der Waals surface area contributed by atoms with Crippen LogP contribution in [-0.2, 0) is 9.47 Å². The molecule has 2 atom stereocenters. The number of nitrogens with zero attached hydrogens (tertiary/aromatic N) is 2. The Bertz CT molecular complexity index is 717. The molecule has 1 aromatic heterocycles. The Hall–Kier alpha value is -2.05. The highest BCUT2D eigenvalue weighted by molar-refractivity contribution is 5.97. The van der Waals surface area contributed by atoms with Crippen LogP contribution >= 0.6 is 0 Å². The van der Waals surface area contributed by atoms with Crippen molar-refractivity contribution in [2.75, 3.05) is 20.3 Å². The summed E-state index contributed by atoms with van der Waals surface area (Å²) < 4.78 is 10.6. The fourth-order valence-electron chi connectivity index (χ4n) is 2.53. The van der Waals surface area contributed by atoms with Crippen molar-refractivity contribution in [2.45, 2.75) is 26.0 Å². The van der Waals surface area contributed by atoms with Crippen molar-refractivity contribution in [2.24, 2.45) is 0 Å². The van der Waals surface area contributed by atoms with E-state index >= 15 is 0 Å². The molecule has 0 aliphatic carbocycles. The molecule has 0 radical (unpaired) electrons. The third-order valence-corrected chi connectivity index (χ3v) is 3.99. The van der Waals surface area contributed by atoms with Crippen LogP contribution in [0.2, 0.25) is 0 Å². The number of fused-ring (bicyclic) bond motifs is 1. The summed E-state index contributed by atoms with van der Waals surface area (Å²) in [6, 6.07) is 5.22. The average molecular weight is 301 g/mol. The lowest BCUT2D eigenvalue weighted by atomic mass is 10.1. The van der Waals surface area contributed by atoms with Crippen LogP contribution in [0.1, 0.15) is 21.7 Å². The molecule has 0 unspecified atom stereocenters. The summed E-state index contributed by atoms with van der Waals surface area (Å²) in [5.74, 6) is -0.153. The molecular weight excluding hydrogens is 282 g/mol. The van der Waals surface area contributed by atoms with E-state index in [1.54, 1.807) is 19.2 Å². The summed E-state index contributed by atoms with van der Waals surface area (Å²) in [5, 5.41) is 2.95. The summed E-state index contributed by atoms with van der Waals surface area (Å²) in [5.41, 5.74) is 3.84. The molecule has 0 bridgehead atoms. The van der Waals surface area contributed by atoms with Gasteiger partial charge in [-0.15, -0.1) is 0 Å². The smallest absolute Gasteiger partial charge is 0.251 e. The quantitative estimate of drug-likeness (QED) is 0.927. The van der Waals surface area contributed by atoms with Crippen molar-refractivity contribution in [1.82, 2.24) is 15.3 Å². The van der Waals surface area contributed by atoms with Crippen molar-refractivity contribution in [1.29, 1.82) is 0 Å². The minimum absolute atomic E-state index is 0.103.